The van der Waals surface area contributed by atoms with Gasteiger partial charge in [0.2, 0.25) is 17.8 Å². The van der Waals surface area contributed by atoms with Crippen molar-refractivity contribution in [2.75, 3.05) is 51.7 Å². The number of aliphatic hydroxyl groups excluding tert-OH is 3. The zero-order valence-corrected chi connectivity index (χ0v) is 56.0. The zero-order chi connectivity index (χ0) is 67.5. The molecule has 0 bridgehead atoms. The normalized spacial score (nSPS) is 12.3. The highest BCUT2D eigenvalue weighted by atomic mass is 16.3. The Morgan fingerprint density at radius 3 is 0.833 bits per heavy atom. The van der Waals surface area contributed by atoms with Gasteiger partial charge in [-0.15, -0.1) is 0 Å². The third-order valence-electron chi connectivity index (χ3n) is 16.2. The van der Waals surface area contributed by atoms with Gasteiger partial charge in [0.25, 0.3) is 0 Å². The average molecular weight is 1290 g/mol. The molecule has 0 fully saturated rings. The second kappa shape index (κ2) is 33.0. The fraction of sp³-hybridized carbons (Fsp3) is 0.333. The van der Waals surface area contributed by atoms with Crippen molar-refractivity contribution in [3.63, 3.8) is 0 Å². The molecule has 0 saturated carbocycles. The Morgan fingerprint density at radius 2 is 0.615 bits per heavy atom. The maximum atomic E-state index is 9.57. The Bertz CT molecular complexity index is 3900. The molecule has 0 aliphatic carbocycles. The van der Waals surface area contributed by atoms with Gasteiger partial charge in [0.1, 0.15) is 0 Å². The van der Waals surface area contributed by atoms with E-state index in [0.29, 0.717) is 54.9 Å². The lowest BCUT2D eigenvalue weighted by atomic mass is 10.1. The van der Waals surface area contributed by atoms with E-state index in [1.807, 2.05) is 89.1 Å². The molecule has 0 unspecified atom stereocenters. The van der Waals surface area contributed by atoms with E-state index in [9.17, 15) is 15.3 Å². The van der Waals surface area contributed by atoms with Crippen LogP contribution in [0.1, 0.15) is 116 Å². The predicted molar refractivity (Wildman–Crippen MR) is 382 cm³/mol. The van der Waals surface area contributed by atoms with Crippen molar-refractivity contribution in [1.29, 1.82) is 0 Å². The molecule has 96 heavy (non-hydrogen) atoms. The number of pyridine rings is 3. The third kappa shape index (κ3) is 17.2. The topological polar surface area (TPSA) is 302 Å². The Kier molecular flexibility index (Phi) is 23.5. The van der Waals surface area contributed by atoms with Crippen molar-refractivity contribution < 1.29 is 15.3 Å². The molecule has 0 radical (unpaired) electrons. The first-order chi connectivity index (χ1) is 46.8. The summed E-state index contributed by atoms with van der Waals surface area (Å²) in [5.74, 6) is 3.44. The van der Waals surface area contributed by atoms with Crippen molar-refractivity contribution in [1.82, 2.24) is 73.5 Å². The summed E-state index contributed by atoms with van der Waals surface area (Å²) in [5, 5.41) is 48.7. The van der Waals surface area contributed by atoms with Gasteiger partial charge < -0.3 is 60.9 Å². The van der Waals surface area contributed by atoms with Gasteiger partial charge in [0.15, 0.2) is 50.9 Å². The molecule has 0 spiro atoms. The molecular weight excluding hydrogens is 1210 g/mol. The number of imidazole rings is 3. The first-order valence-corrected chi connectivity index (χ1v) is 32.8. The van der Waals surface area contributed by atoms with Crippen LogP contribution in [0, 0.1) is 0 Å². The predicted octanol–water partition coefficient (Wildman–Crippen LogP) is 12.8. The minimum atomic E-state index is -0.102. The van der Waals surface area contributed by atoms with Crippen LogP contribution in [0.2, 0.25) is 0 Å². The van der Waals surface area contributed by atoms with E-state index in [1.165, 1.54) is 0 Å². The van der Waals surface area contributed by atoms with Gasteiger partial charge in [0, 0.05) is 73.0 Å². The molecule has 9 heterocycles. The SMILES string of the molecule is CC[C@H](CO)Nc1nc(NCc2ccc(-c3ccccn3)cc2)c2ncn(C(C)C)c2n1.CC[C@H](CO)Nc1nc(NCc2ccc(-c3ccccn3)cc2)c2ncn(C(C)C)c2n1.CC[C@H](CO)Nc1nc(NCc2ccc(-c3ccccn3)cc2)c2ncn(C(C)C)c2n1. The molecule has 24 nitrogen and oxygen atoms in total. The second-order valence-corrected chi connectivity index (χ2v) is 24.0. The highest BCUT2D eigenvalue weighted by Gasteiger charge is 2.21. The van der Waals surface area contributed by atoms with Crippen molar-refractivity contribution in [2.24, 2.45) is 0 Å². The number of hydrogen-bond acceptors (Lipinski definition) is 21. The number of nitrogens with zero attached hydrogens (tertiary/aromatic N) is 15. The summed E-state index contributed by atoms with van der Waals surface area (Å²) in [6.45, 7) is 20.4. The van der Waals surface area contributed by atoms with E-state index >= 15 is 0 Å². The minimum absolute atomic E-state index is 0.0206. The number of fused-ring (bicyclic) bond motifs is 3. The fourth-order valence-electron chi connectivity index (χ4n) is 10.4. The zero-order valence-electron chi connectivity index (χ0n) is 56.0. The molecule has 9 aromatic heterocycles. The maximum Gasteiger partial charge on any atom is 0.227 e. The quantitative estimate of drug-likeness (QED) is 0.0231. The molecule has 24 heteroatoms. The van der Waals surface area contributed by atoms with Crippen molar-refractivity contribution in [3.05, 3.63) is 182 Å². The summed E-state index contributed by atoms with van der Waals surface area (Å²) in [6.07, 6.45) is 13.1. The van der Waals surface area contributed by atoms with Gasteiger partial charge in [-0.1, -0.05) is 112 Å². The molecule has 9 N–H and O–H groups in total. The van der Waals surface area contributed by atoms with Crippen LogP contribution >= 0.6 is 0 Å². The van der Waals surface area contributed by atoms with Crippen molar-refractivity contribution >= 4 is 68.8 Å². The summed E-state index contributed by atoms with van der Waals surface area (Å²) in [7, 11) is 0. The number of aromatic nitrogens is 15. The van der Waals surface area contributed by atoms with E-state index in [-0.39, 0.29) is 56.1 Å². The number of anilines is 6. The molecule has 12 aromatic rings. The van der Waals surface area contributed by atoms with E-state index in [2.05, 4.69) is 206 Å². The lowest BCUT2D eigenvalue weighted by Crippen LogP contribution is -2.24. The lowest BCUT2D eigenvalue weighted by molar-refractivity contribution is 0.271. The molecular formula is C72H87N21O3. The summed E-state index contributed by atoms with van der Waals surface area (Å²) in [5.41, 5.74) is 13.9. The van der Waals surface area contributed by atoms with E-state index < -0.39 is 0 Å². The molecule has 0 amide bonds. The van der Waals surface area contributed by atoms with Gasteiger partial charge in [0.05, 0.1) is 74.0 Å². The number of nitrogens with one attached hydrogen (secondary N) is 6. The molecule has 0 aliphatic rings. The number of benzene rings is 3. The average Bonchev–Trinajstić information content (AvgIpc) is 1.90. The lowest BCUT2D eigenvalue weighted by Gasteiger charge is -2.16. The highest BCUT2D eigenvalue weighted by Crippen LogP contribution is 2.29. The van der Waals surface area contributed by atoms with Crippen LogP contribution in [0.25, 0.3) is 67.3 Å². The molecule has 0 aliphatic heterocycles. The van der Waals surface area contributed by atoms with Crippen molar-refractivity contribution in [2.45, 2.75) is 137 Å². The molecule has 3 atom stereocenters. The first-order valence-electron chi connectivity index (χ1n) is 32.8. The summed E-state index contributed by atoms with van der Waals surface area (Å²) >= 11 is 0. The standard InChI is InChI=1S/3C24H29N7O/c3*1-4-19(14-32)28-24-29-22(21-23(30-24)31(15-27-21)16(2)3)26-13-17-8-10-18(11-9-17)20-7-5-6-12-25-20/h3*5-12,15-16,19,32H,4,13-14H2,1-3H3,(H2,26,28,29,30)/t3*19-/m111/s1. The van der Waals surface area contributed by atoms with Crippen LogP contribution in [0.15, 0.2) is 165 Å². The van der Waals surface area contributed by atoms with Gasteiger partial charge in [-0.05, 0) is 114 Å². The maximum absolute atomic E-state index is 9.57. The van der Waals surface area contributed by atoms with E-state index in [4.69, 9.17) is 0 Å². The van der Waals surface area contributed by atoms with Gasteiger partial charge >= 0.3 is 0 Å². The Morgan fingerprint density at radius 1 is 0.344 bits per heavy atom. The fourth-order valence-corrected chi connectivity index (χ4v) is 10.4. The van der Waals surface area contributed by atoms with Crippen LogP contribution in [0.3, 0.4) is 0 Å². The van der Waals surface area contributed by atoms with Crippen LogP contribution in [-0.4, -0.2) is 127 Å². The van der Waals surface area contributed by atoms with E-state index in [0.717, 1.165) is 103 Å². The Hall–Kier alpha value is -10.6. The highest BCUT2D eigenvalue weighted by molar-refractivity contribution is 5.86. The Balaban J connectivity index is 0.000000157. The molecule has 3 aromatic carbocycles. The second-order valence-electron chi connectivity index (χ2n) is 24.0. The number of aliphatic hydroxyl groups is 3. The monoisotopic (exact) mass is 1290 g/mol. The number of rotatable bonds is 27. The summed E-state index contributed by atoms with van der Waals surface area (Å²) < 4.78 is 6.07. The first kappa shape index (κ1) is 68.3. The number of hydrogen-bond donors (Lipinski definition) is 9. The smallest absolute Gasteiger partial charge is 0.227 e. The van der Waals surface area contributed by atoms with E-state index in [1.54, 1.807) is 37.6 Å². The summed E-state index contributed by atoms with van der Waals surface area (Å²) in [6, 6.07) is 43.0. The molecule has 12 rings (SSSR count). The van der Waals surface area contributed by atoms with Crippen LogP contribution < -0.4 is 31.9 Å². The van der Waals surface area contributed by atoms with Crippen molar-refractivity contribution in [3.8, 4) is 33.8 Å². The van der Waals surface area contributed by atoms with Crippen LogP contribution in [-0.2, 0) is 19.6 Å². The largest absolute Gasteiger partial charge is 0.394 e. The van der Waals surface area contributed by atoms with Gasteiger partial charge in [-0.2, -0.15) is 29.9 Å². The molecule has 498 valence electrons. The third-order valence-corrected chi connectivity index (χ3v) is 16.2. The van der Waals surface area contributed by atoms with Crippen LogP contribution in [0.4, 0.5) is 35.3 Å². The van der Waals surface area contributed by atoms with Crippen LogP contribution in [0.5, 0.6) is 0 Å². The summed E-state index contributed by atoms with van der Waals surface area (Å²) in [4.78, 5) is 54.9. The minimum Gasteiger partial charge on any atom is -0.394 e. The molecule has 0 saturated heterocycles. The van der Waals surface area contributed by atoms with Gasteiger partial charge in [-0.3, -0.25) is 15.0 Å². The van der Waals surface area contributed by atoms with Gasteiger partial charge in [-0.25, -0.2) is 15.0 Å². The Labute approximate surface area is 559 Å².